The molecule has 2 aliphatic heterocycles. The van der Waals surface area contributed by atoms with E-state index in [0.29, 0.717) is 6.04 Å². The van der Waals surface area contributed by atoms with Gasteiger partial charge in [0.1, 0.15) is 0 Å². The van der Waals surface area contributed by atoms with Gasteiger partial charge in [0.15, 0.2) is 0 Å². The first kappa shape index (κ1) is 13.8. The van der Waals surface area contributed by atoms with Gasteiger partial charge in [-0.05, 0) is 55.7 Å². The molecule has 2 aliphatic rings. The number of ether oxygens (including phenoxy) is 1. The Kier molecular flexibility index (Phi) is 4.11. The highest BCUT2D eigenvalue weighted by atomic mass is 79.9. The largest absolute Gasteiger partial charge is 0.382 e. The molecule has 1 N–H and O–H groups in total. The van der Waals surface area contributed by atoms with Crippen LogP contribution >= 0.6 is 27.7 Å². The molecule has 1 aromatic rings. The van der Waals surface area contributed by atoms with Crippen LogP contribution in [0, 0.1) is 6.92 Å². The quantitative estimate of drug-likeness (QED) is 0.869. The molecule has 1 spiro atoms. The fourth-order valence-corrected chi connectivity index (χ4v) is 4.88. The molecule has 0 aliphatic carbocycles. The molecule has 2 saturated heterocycles. The van der Waals surface area contributed by atoms with Crippen molar-refractivity contribution in [3.8, 4) is 0 Å². The Morgan fingerprint density at radius 1 is 1.47 bits per heavy atom. The Hall–Kier alpha value is -0.190. The summed E-state index contributed by atoms with van der Waals surface area (Å²) < 4.78 is 7.22. The van der Waals surface area contributed by atoms with Crippen molar-refractivity contribution in [2.45, 2.75) is 37.8 Å². The minimum atomic E-state index is 0.157. The maximum absolute atomic E-state index is 6.08. The highest BCUT2D eigenvalue weighted by molar-refractivity contribution is 9.10. The minimum absolute atomic E-state index is 0.157. The molecule has 2 nitrogen and oxygen atoms in total. The van der Waals surface area contributed by atoms with Crippen LogP contribution in [-0.4, -0.2) is 29.8 Å². The van der Waals surface area contributed by atoms with Crippen molar-refractivity contribution in [1.29, 1.82) is 0 Å². The van der Waals surface area contributed by atoms with Crippen molar-refractivity contribution in [2.75, 3.05) is 23.4 Å². The number of rotatable bonds is 2. The van der Waals surface area contributed by atoms with E-state index in [2.05, 4.69) is 46.4 Å². The second kappa shape index (κ2) is 5.66. The molecule has 4 heteroatoms. The molecule has 2 atom stereocenters. The summed E-state index contributed by atoms with van der Waals surface area (Å²) in [6.45, 7) is 3.06. The smallest absolute Gasteiger partial charge is 0.0799 e. The normalized spacial score (nSPS) is 30.7. The molecule has 0 aromatic heterocycles. The molecular weight excluding hydrogens is 322 g/mol. The number of anilines is 1. The Labute approximate surface area is 127 Å². The van der Waals surface area contributed by atoms with Crippen molar-refractivity contribution < 1.29 is 4.74 Å². The van der Waals surface area contributed by atoms with Crippen LogP contribution in [0.5, 0.6) is 0 Å². The van der Waals surface area contributed by atoms with E-state index in [1.807, 2.05) is 11.8 Å². The third kappa shape index (κ3) is 3.11. The fraction of sp³-hybridized carbons (Fsp3) is 0.600. The highest BCUT2D eigenvalue weighted by Gasteiger charge is 2.40. The molecule has 0 bridgehead atoms. The van der Waals surface area contributed by atoms with Crippen LogP contribution in [0.4, 0.5) is 5.69 Å². The van der Waals surface area contributed by atoms with E-state index in [4.69, 9.17) is 4.74 Å². The average Bonchev–Trinajstić information content (AvgIpc) is 2.81. The van der Waals surface area contributed by atoms with Crippen LogP contribution < -0.4 is 5.32 Å². The van der Waals surface area contributed by atoms with Gasteiger partial charge >= 0.3 is 0 Å². The third-order valence-electron chi connectivity index (χ3n) is 4.11. The van der Waals surface area contributed by atoms with Crippen molar-refractivity contribution in [2.24, 2.45) is 0 Å². The number of benzene rings is 1. The number of halogens is 1. The Morgan fingerprint density at radius 3 is 3.11 bits per heavy atom. The average molecular weight is 342 g/mol. The molecule has 2 fully saturated rings. The number of nitrogens with one attached hydrogen (secondary N) is 1. The van der Waals surface area contributed by atoms with E-state index >= 15 is 0 Å². The number of aryl methyl sites for hydroxylation is 1. The first-order chi connectivity index (χ1) is 9.17. The monoisotopic (exact) mass is 341 g/mol. The van der Waals surface area contributed by atoms with Crippen LogP contribution in [0.3, 0.4) is 0 Å². The minimum Gasteiger partial charge on any atom is -0.382 e. The second-order valence-corrected chi connectivity index (χ2v) is 7.65. The van der Waals surface area contributed by atoms with Crippen LogP contribution in [0.1, 0.15) is 24.8 Å². The van der Waals surface area contributed by atoms with E-state index in [0.717, 1.165) is 23.9 Å². The highest BCUT2D eigenvalue weighted by Crippen LogP contribution is 2.39. The van der Waals surface area contributed by atoms with Crippen LogP contribution in [-0.2, 0) is 4.74 Å². The van der Waals surface area contributed by atoms with Gasteiger partial charge in [0, 0.05) is 28.6 Å². The molecule has 2 heterocycles. The standard InChI is InChI=1S/C15H20BrNOS/c1-11-8-12(16)2-3-14(11)17-13-4-6-18-15(9-13)5-7-19-10-15/h2-3,8,13,17H,4-7,9-10H2,1H3. The lowest BCUT2D eigenvalue weighted by atomic mass is 9.89. The van der Waals surface area contributed by atoms with Gasteiger partial charge in [-0.1, -0.05) is 15.9 Å². The van der Waals surface area contributed by atoms with Crippen molar-refractivity contribution >= 4 is 33.4 Å². The summed E-state index contributed by atoms with van der Waals surface area (Å²) in [5.41, 5.74) is 2.72. The summed E-state index contributed by atoms with van der Waals surface area (Å²) in [6.07, 6.45) is 3.48. The molecule has 19 heavy (non-hydrogen) atoms. The SMILES string of the molecule is Cc1cc(Br)ccc1NC1CCOC2(CCSC2)C1. The van der Waals surface area contributed by atoms with Gasteiger partial charge in [-0.2, -0.15) is 11.8 Å². The topological polar surface area (TPSA) is 21.3 Å². The van der Waals surface area contributed by atoms with E-state index in [9.17, 15) is 0 Å². The zero-order valence-electron chi connectivity index (χ0n) is 11.2. The molecule has 0 amide bonds. The lowest BCUT2D eigenvalue weighted by molar-refractivity contribution is -0.0628. The summed E-state index contributed by atoms with van der Waals surface area (Å²) >= 11 is 5.55. The van der Waals surface area contributed by atoms with Crippen LogP contribution in [0.25, 0.3) is 0 Å². The maximum Gasteiger partial charge on any atom is 0.0799 e. The van der Waals surface area contributed by atoms with Crippen molar-refractivity contribution in [1.82, 2.24) is 0 Å². The number of hydrogen-bond acceptors (Lipinski definition) is 3. The maximum atomic E-state index is 6.08. The Balaban J connectivity index is 1.69. The molecule has 0 radical (unpaired) electrons. The lowest BCUT2D eigenvalue weighted by Gasteiger charge is -2.38. The Morgan fingerprint density at radius 2 is 2.37 bits per heavy atom. The van der Waals surface area contributed by atoms with Gasteiger partial charge in [-0.15, -0.1) is 0 Å². The van der Waals surface area contributed by atoms with E-state index in [-0.39, 0.29) is 5.60 Å². The lowest BCUT2D eigenvalue weighted by Crippen LogP contribution is -2.44. The fourth-order valence-electron chi connectivity index (χ4n) is 3.02. The summed E-state index contributed by atoms with van der Waals surface area (Å²) in [6, 6.07) is 7.00. The summed E-state index contributed by atoms with van der Waals surface area (Å²) in [5, 5.41) is 3.72. The van der Waals surface area contributed by atoms with Gasteiger partial charge in [-0.25, -0.2) is 0 Å². The first-order valence-corrected chi connectivity index (χ1v) is 8.86. The van der Waals surface area contributed by atoms with E-state index in [1.165, 1.54) is 29.2 Å². The van der Waals surface area contributed by atoms with Gasteiger partial charge in [0.25, 0.3) is 0 Å². The predicted molar refractivity (Wildman–Crippen MR) is 86.1 cm³/mol. The molecular formula is C15H20BrNOS. The van der Waals surface area contributed by atoms with E-state index < -0.39 is 0 Å². The molecule has 104 valence electrons. The first-order valence-electron chi connectivity index (χ1n) is 6.91. The van der Waals surface area contributed by atoms with Gasteiger partial charge < -0.3 is 10.1 Å². The second-order valence-electron chi connectivity index (χ2n) is 5.63. The van der Waals surface area contributed by atoms with Crippen molar-refractivity contribution in [3.05, 3.63) is 28.2 Å². The van der Waals surface area contributed by atoms with Crippen LogP contribution in [0.15, 0.2) is 22.7 Å². The van der Waals surface area contributed by atoms with Gasteiger partial charge in [0.05, 0.1) is 5.60 Å². The van der Waals surface area contributed by atoms with Gasteiger partial charge in [-0.3, -0.25) is 0 Å². The summed E-state index contributed by atoms with van der Waals surface area (Å²) in [4.78, 5) is 0. The molecule has 0 saturated carbocycles. The number of hydrogen-bond donors (Lipinski definition) is 1. The zero-order chi connectivity index (χ0) is 13.3. The summed E-state index contributed by atoms with van der Waals surface area (Å²) in [5.74, 6) is 2.43. The zero-order valence-corrected chi connectivity index (χ0v) is 13.6. The summed E-state index contributed by atoms with van der Waals surface area (Å²) in [7, 11) is 0. The van der Waals surface area contributed by atoms with Crippen LogP contribution in [0.2, 0.25) is 0 Å². The number of thioether (sulfide) groups is 1. The predicted octanol–water partition coefficient (Wildman–Crippen LogP) is 4.22. The third-order valence-corrected chi connectivity index (χ3v) is 5.82. The van der Waals surface area contributed by atoms with Crippen molar-refractivity contribution in [3.63, 3.8) is 0 Å². The molecule has 3 rings (SSSR count). The molecule has 1 aromatic carbocycles. The van der Waals surface area contributed by atoms with Gasteiger partial charge in [0.2, 0.25) is 0 Å². The molecule has 2 unspecified atom stereocenters. The Bertz CT molecular complexity index is 459. The van der Waals surface area contributed by atoms with E-state index in [1.54, 1.807) is 0 Å².